The maximum absolute atomic E-state index is 13.2. The molecule has 0 amide bonds. The third-order valence-electron chi connectivity index (χ3n) is 4.79. The lowest BCUT2D eigenvalue weighted by Crippen LogP contribution is -2.17. The van der Waals surface area contributed by atoms with Gasteiger partial charge in [0.1, 0.15) is 0 Å². The Hall–Kier alpha value is -3.03. The fraction of sp³-hybridized carbons (Fsp3) is 0.154. The number of rotatable bonds is 8. The van der Waals surface area contributed by atoms with Crippen molar-refractivity contribution in [1.82, 2.24) is 0 Å². The second kappa shape index (κ2) is 11.2. The third kappa shape index (κ3) is 6.49. The van der Waals surface area contributed by atoms with Crippen molar-refractivity contribution >= 4 is 37.6 Å². The van der Waals surface area contributed by atoms with E-state index in [0.29, 0.717) is 11.1 Å². The lowest BCUT2D eigenvalue weighted by atomic mass is 10.0. The van der Waals surface area contributed by atoms with Crippen molar-refractivity contribution in [2.24, 2.45) is 4.40 Å². The van der Waals surface area contributed by atoms with Gasteiger partial charge in [0.05, 0.1) is 16.0 Å². The van der Waals surface area contributed by atoms with Gasteiger partial charge in [-0.15, -0.1) is 4.40 Å². The number of carbonyl (C=O) groups excluding carboxylic acids is 1. The molecule has 0 bridgehead atoms. The van der Waals surface area contributed by atoms with Crippen LogP contribution in [0.5, 0.6) is 0 Å². The maximum atomic E-state index is 13.2. The van der Waals surface area contributed by atoms with Crippen LogP contribution in [0.25, 0.3) is 0 Å². The van der Waals surface area contributed by atoms with Gasteiger partial charge < -0.3 is 4.74 Å². The molecule has 3 rings (SSSR count). The molecule has 0 heterocycles. The van der Waals surface area contributed by atoms with Crippen LogP contribution in [0.15, 0.2) is 104 Å². The highest BCUT2D eigenvalue weighted by Gasteiger charge is 2.24. The summed E-state index contributed by atoms with van der Waals surface area (Å²) in [5.41, 5.74) is 2.63. The molecule has 5 nitrogen and oxygen atoms in total. The van der Waals surface area contributed by atoms with Crippen molar-refractivity contribution in [3.8, 4) is 0 Å². The molecule has 0 unspecified atom stereocenters. The molecule has 0 atom stereocenters. The number of aryl methyl sites for hydroxylation is 1. The highest BCUT2D eigenvalue weighted by Crippen LogP contribution is 2.25. The number of allylic oxidation sites excluding steroid dienone is 1. The van der Waals surface area contributed by atoms with Crippen LogP contribution >= 0.6 is 15.9 Å². The Morgan fingerprint density at radius 2 is 1.48 bits per heavy atom. The lowest BCUT2D eigenvalue weighted by Gasteiger charge is -2.15. The van der Waals surface area contributed by atoms with Crippen LogP contribution in [0.3, 0.4) is 0 Å². The number of hydrogen-bond donors (Lipinski definition) is 0. The zero-order valence-corrected chi connectivity index (χ0v) is 20.8. The molecule has 0 aliphatic carbocycles. The van der Waals surface area contributed by atoms with Crippen LogP contribution < -0.4 is 0 Å². The molecule has 3 aromatic carbocycles. The number of carbonyl (C=O) groups is 1. The van der Waals surface area contributed by atoms with Crippen LogP contribution in [0.4, 0.5) is 0 Å². The molecule has 0 aliphatic rings. The van der Waals surface area contributed by atoms with Crippen molar-refractivity contribution < 1.29 is 17.9 Å². The maximum Gasteiger partial charge on any atom is 0.285 e. The van der Waals surface area contributed by atoms with Gasteiger partial charge in [0, 0.05) is 17.6 Å². The van der Waals surface area contributed by atoms with Gasteiger partial charge >= 0.3 is 0 Å². The summed E-state index contributed by atoms with van der Waals surface area (Å²) in [4.78, 5) is 13.2. The minimum absolute atomic E-state index is 0.0508. The predicted octanol–water partition coefficient (Wildman–Crippen LogP) is 5.89. The minimum Gasteiger partial charge on any atom is -0.477 e. The number of halogens is 1. The van der Waals surface area contributed by atoms with Crippen molar-refractivity contribution in [2.75, 3.05) is 6.61 Å². The monoisotopic (exact) mass is 525 g/mol. The Bertz CT molecular complexity index is 1270. The van der Waals surface area contributed by atoms with Gasteiger partial charge in [0.2, 0.25) is 5.90 Å². The molecule has 0 fully saturated rings. The molecular weight excluding hydrogens is 502 g/mol. The van der Waals surface area contributed by atoms with Crippen molar-refractivity contribution in [3.05, 3.63) is 112 Å². The van der Waals surface area contributed by atoms with Crippen LogP contribution in [0.1, 0.15) is 28.4 Å². The summed E-state index contributed by atoms with van der Waals surface area (Å²) in [6.07, 6.45) is 0.252. The normalized spacial score (nSPS) is 12.8. The zero-order valence-electron chi connectivity index (χ0n) is 18.4. The minimum atomic E-state index is -4.06. The van der Waals surface area contributed by atoms with E-state index in [1.54, 1.807) is 43.3 Å². The summed E-state index contributed by atoms with van der Waals surface area (Å²) < 4.78 is 36.0. The number of sulfonamides is 1. The van der Waals surface area contributed by atoms with E-state index in [1.165, 1.54) is 12.1 Å². The fourth-order valence-corrected chi connectivity index (χ4v) is 4.58. The summed E-state index contributed by atoms with van der Waals surface area (Å²) in [5, 5.41) is 0. The Balaban J connectivity index is 2.15. The van der Waals surface area contributed by atoms with Crippen molar-refractivity contribution in [3.63, 3.8) is 0 Å². The molecule has 3 aromatic rings. The molecule has 33 heavy (non-hydrogen) atoms. The Labute approximate surface area is 203 Å². The standard InChI is InChI=1S/C26H24BrNO4S/c1-3-32-26(28-33(30,31)22-16-14-19(2)15-17-22)23(18-20-10-6-4-7-11-20)24(27)25(29)21-12-8-5-9-13-21/h4-17H,3,18H2,1-2H3/b24-23+,28-26+. The first-order chi connectivity index (χ1) is 15.8. The number of nitrogens with zero attached hydrogens (tertiary/aromatic N) is 1. The highest BCUT2D eigenvalue weighted by atomic mass is 79.9. The summed E-state index contributed by atoms with van der Waals surface area (Å²) in [7, 11) is -4.06. The van der Waals surface area contributed by atoms with E-state index in [2.05, 4.69) is 20.3 Å². The van der Waals surface area contributed by atoms with Gasteiger partial charge in [-0.1, -0.05) is 78.4 Å². The SMILES string of the molecule is CCOC(=N/S(=O)(=O)c1ccc(C)cc1)/C(Cc1ccccc1)=C(/Br)C(=O)c1ccccc1. The smallest absolute Gasteiger partial charge is 0.285 e. The van der Waals surface area contributed by atoms with Gasteiger partial charge in [0.25, 0.3) is 10.0 Å². The number of ether oxygens (including phenoxy) is 1. The van der Waals surface area contributed by atoms with Gasteiger partial charge in [-0.2, -0.15) is 8.42 Å². The summed E-state index contributed by atoms with van der Waals surface area (Å²) in [6.45, 7) is 3.79. The second-order valence-electron chi connectivity index (χ2n) is 7.27. The van der Waals surface area contributed by atoms with E-state index in [9.17, 15) is 13.2 Å². The van der Waals surface area contributed by atoms with Crippen LogP contribution in [-0.2, 0) is 21.2 Å². The Kier molecular flexibility index (Phi) is 8.36. The van der Waals surface area contributed by atoms with Gasteiger partial charge in [-0.25, -0.2) is 0 Å². The summed E-state index contributed by atoms with van der Waals surface area (Å²) in [5.74, 6) is -0.403. The average molecular weight is 526 g/mol. The van der Waals surface area contributed by atoms with Crippen LogP contribution in [0, 0.1) is 6.92 Å². The summed E-state index contributed by atoms with van der Waals surface area (Å²) >= 11 is 3.42. The average Bonchev–Trinajstić information content (AvgIpc) is 2.83. The first-order valence-electron chi connectivity index (χ1n) is 10.4. The number of hydrogen-bond acceptors (Lipinski definition) is 4. The van der Waals surface area contributed by atoms with E-state index >= 15 is 0 Å². The molecular formula is C26H24BrNO4S. The molecule has 0 saturated heterocycles. The quantitative estimate of drug-likeness (QED) is 0.159. The van der Waals surface area contributed by atoms with Crippen molar-refractivity contribution in [1.29, 1.82) is 0 Å². The Morgan fingerprint density at radius 3 is 2.06 bits per heavy atom. The summed E-state index contributed by atoms with van der Waals surface area (Å²) in [6, 6.07) is 24.6. The molecule has 0 aliphatic heterocycles. The largest absolute Gasteiger partial charge is 0.477 e. The zero-order chi connectivity index (χ0) is 23.8. The molecule has 0 spiro atoms. The predicted molar refractivity (Wildman–Crippen MR) is 134 cm³/mol. The molecule has 0 saturated carbocycles. The molecule has 0 aromatic heterocycles. The molecule has 0 radical (unpaired) electrons. The van der Waals surface area contributed by atoms with E-state index in [4.69, 9.17) is 4.74 Å². The van der Waals surface area contributed by atoms with Crippen LogP contribution in [0.2, 0.25) is 0 Å². The molecule has 170 valence electrons. The van der Waals surface area contributed by atoms with Crippen molar-refractivity contribution in [2.45, 2.75) is 25.2 Å². The number of benzene rings is 3. The molecule has 7 heteroatoms. The van der Waals surface area contributed by atoms with E-state index in [1.807, 2.05) is 43.3 Å². The van der Waals surface area contributed by atoms with Gasteiger partial charge in [0.15, 0.2) is 5.78 Å². The van der Waals surface area contributed by atoms with Gasteiger partial charge in [-0.3, -0.25) is 4.79 Å². The highest BCUT2D eigenvalue weighted by molar-refractivity contribution is 9.12. The number of ketones is 1. The van der Waals surface area contributed by atoms with E-state index in [-0.39, 0.29) is 34.1 Å². The topological polar surface area (TPSA) is 72.8 Å². The van der Waals surface area contributed by atoms with Crippen LogP contribution in [-0.4, -0.2) is 26.7 Å². The molecule has 0 N–H and O–H groups in total. The second-order valence-corrected chi connectivity index (χ2v) is 9.66. The first-order valence-corrected chi connectivity index (χ1v) is 12.6. The third-order valence-corrected chi connectivity index (χ3v) is 6.90. The lowest BCUT2D eigenvalue weighted by molar-refractivity contribution is 0.104. The van der Waals surface area contributed by atoms with E-state index in [0.717, 1.165) is 11.1 Å². The first kappa shape index (κ1) is 24.6. The number of Topliss-reactive ketones (excluding diaryl/α,β-unsaturated/α-hetero) is 1. The van der Waals surface area contributed by atoms with Gasteiger partial charge in [-0.05, 0) is 47.5 Å². The fourth-order valence-electron chi connectivity index (χ4n) is 3.08. The Morgan fingerprint density at radius 1 is 0.909 bits per heavy atom. The van der Waals surface area contributed by atoms with E-state index < -0.39 is 10.0 Å².